The Balaban J connectivity index is 0.947. The predicted molar refractivity (Wildman–Crippen MR) is 247 cm³/mol. The van der Waals surface area contributed by atoms with Crippen molar-refractivity contribution in [2.45, 2.75) is 118 Å². The number of carbonyl (C=O) groups is 4. The topological polar surface area (TPSA) is 205 Å². The molecule has 0 unspecified atom stereocenters. The van der Waals surface area contributed by atoms with Gasteiger partial charge in [-0.05, 0) is 79.6 Å². The second-order valence-electron chi connectivity index (χ2n) is 19.9. The molecule has 1 saturated carbocycles. The molecule has 1 saturated heterocycles. The summed E-state index contributed by atoms with van der Waals surface area (Å²) in [5.41, 5.74) is -1.11. The Labute approximate surface area is 400 Å². The first kappa shape index (κ1) is 52.1. The quantitative estimate of drug-likeness (QED) is 0.0735. The van der Waals surface area contributed by atoms with Crippen LogP contribution in [0.3, 0.4) is 0 Å². The number of carbonyl (C=O) groups excluding carboxylic acids is 4. The number of aromatic nitrogens is 1. The van der Waals surface area contributed by atoms with Gasteiger partial charge in [-0.2, -0.15) is 18.4 Å². The minimum atomic E-state index is -4.72. The smallest absolute Gasteiger partial charge is 0.417 e. The van der Waals surface area contributed by atoms with Gasteiger partial charge >= 0.3 is 6.18 Å². The Hall–Kier alpha value is -6.29. The molecular formula is C51H61F3N6O9. The lowest BCUT2D eigenvalue weighted by Crippen LogP contribution is -2.74. The molecule has 2 aliphatic rings. The molecule has 69 heavy (non-hydrogen) atoms. The van der Waals surface area contributed by atoms with E-state index in [1.165, 1.54) is 12.5 Å². The van der Waals surface area contributed by atoms with E-state index in [-0.39, 0.29) is 50.4 Å². The molecular weight excluding hydrogens is 898 g/mol. The van der Waals surface area contributed by atoms with Crippen molar-refractivity contribution < 1.29 is 56.1 Å². The zero-order valence-electron chi connectivity index (χ0n) is 40.2. The molecule has 18 heteroatoms. The number of nitrogens with zero attached hydrogens (tertiary/aromatic N) is 3. The van der Waals surface area contributed by atoms with Crippen LogP contribution in [-0.2, 0) is 31.8 Å². The fourth-order valence-electron chi connectivity index (χ4n) is 9.33. The first-order valence-corrected chi connectivity index (χ1v) is 22.9. The van der Waals surface area contributed by atoms with Gasteiger partial charge in [0.15, 0.2) is 12.2 Å². The Morgan fingerprint density at radius 3 is 2.20 bits per heavy atom. The summed E-state index contributed by atoms with van der Waals surface area (Å²) in [5.74, 6) is -0.826. The van der Waals surface area contributed by atoms with Gasteiger partial charge in [-0.1, -0.05) is 72.7 Å². The van der Waals surface area contributed by atoms with Crippen LogP contribution in [0.2, 0.25) is 0 Å². The summed E-state index contributed by atoms with van der Waals surface area (Å²) in [6, 6.07) is 16.4. The monoisotopic (exact) mass is 958 g/mol. The van der Waals surface area contributed by atoms with Crippen LogP contribution in [0.1, 0.15) is 100 Å². The van der Waals surface area contributed by atoms with Gasteiger partial charge in [0.1, 0.15) is 30.3 Å². The number of benzene rings is 3. The van der Waals surface area contributed by atoms with Crippen LogP contribution in [0, 0.1) is 34.5 Å². The molecule has 15 nitrogen and oxygen atoms in total. The first-order valence-electron chi connectivity index (χ1n) is 22.9. The molecule has 1 aliphatic heterocycles. The lowest BCUT2D eigenvalue weighted by Gasteiger charge is -2.63. The van der Waals surface area contributed by atoms with Crippen LogP contribution in [-0.4, -0.2) is 95.3 Å². The van der Waals surface area contributed by atoms with Gasteiger partial charge in [0.25, 0.3) is 11.8 Å². The number of β-amino-alcohol motifs (C(OH)–C–C–N with tert-alkyl or cyclic N) is 1. The number of ether oxygens (including phenoxy) is 3. The summed E-state index contributed by atoms with van der Waals surface area (Å²) in [5, 5.41) is 28.2. The maximum Gasteiger partial charge on any atom is 0.417 e. The molecule has 0 spiro atoms. The van der Waals surface area contributed by atoms with E-state index >= 15 is 0 Å². The second kappa shape index (κ2) is 21.1. The van der Waals surface area contributed by atoms with Crippen LogP contribution in [0.15, 0.2) is 77.5 Å². The van der Waals surface area contributed by atoms with E-state index in [1.807, 2.05) is 46.8 Å². The second-order valence-corrected chi connectivity index (χ2v) is 19.9. The molecule has 2 fully saturated rings. The van der Waals surface area contributed by atoms with Crippen molar-refractivity contribution >= 4 is 23.6 Å². The molecule has 3 atom stereocenters. The molecule has 2 heterocycles. The number of nitriles is 1. The minimum Gasteiger partial charge on any atom is -0.494 e. The first-order chi connectivity index (χ1) is 32.4. The summed E-state index contributed by atoms with van der Waals surface area (Å²) in [6.45, 7) is 15.1. The summed E-state index contributed by atoms with van der Waals surface area (Å²) < 4.78 is 63.9. The van der Waals surface area contributed by atoms with E-state index in [9.17, 15) is 37.5 Å². The van der Waals surface area contributed by atoms with Gasteiger partial charge in [-0.3, -0.25) is 24.1 Å². The van der Waals surface area contributed by atoms with Crippen molar-refractivity contribution in [1.29, 1.82) is 5.26 Å². The number of hydrogen-bond donors (Lipinski definition) is 4. The Morgan fingerprint density at radius 2 is 1.62 bits per heavy atom. The van der Waals surface area contributed by atoms with Crippen molar-refractivity contribution in [1.82, 2.24) is 25.8 Å². The van der Waals surface area contributed by atoms with E-state index in [0.29, 0.717) is 42.1 Å². The number of rotatable bonds is 18. The predicted octanol–water partition coefficient (Wildman–Crippen LogP) is 7.14. The van der Waals surface area contributed by atoms with Crippen LogP contribution in [0.5, 0.6) is 11.5 Å². The molecule has 370 valence electrons. The third-order valence-corrected chi connectivity index (χ3v) is 12.7. The van der Waals surface area contributed by atoms with E-state index in [1.54, 1.807) is 63.2 Å². The number of aliphatic hydroxyl groups is 1. The number of oxazole rings is 1. The molecule has 1 aromatic heterocycles. The fourth-order valence-corrected chi connectivity index (χ4v) is 9.33. The highest BCUT2D eigenvalue weighted by Crippen LogP contribution is 2.56. The highest BCUT2D eigenvalue weighted by Gasteiger charge is 2.64. The molecule has 4 aromatic rings. The van der Waals surface area contributed by atoms with Crippen molar-refractivity contribution in [2.24, 2.45) is 16.2 Å². The number of alkyl halides is 3. The van der Waals surface area contributed by atoms with Gasteiger partial charge in [0.05, 0.1) is 48.2 Å². The number of aryl methyl sites for hydroxylation is 1. The van der Waals surface area contributed by atoms with E-state index in [2.05, 4.69) is 20.9 Å². The van der Waals surface area contributed by atoms with Crippen LogP contribution in [0.4, 0.5) is 13.2 Å². The zero-order chi connectivity index (χ0) is 50.5. The summed E-state index contributed by atoms with van der Waals surface area (Å²) >= 11 is 0. The third-order valence-electron chi connectivity index (χ3n) is 12.7. The number of hydrogen-bond acceptors (Lipinski definition) is 12. The van der Waals surface area contributed by atoms with Crippen molar-refractivity contribution in [2.75, 3.05) is 26.4 Å². The van der Waals surface area contributed by atoms with E-state index in [0.717, 1.165) is 28.3 Å². The molecule has 0 bridgehead atoms. The average molecular weight is 959 g/mol. The number of imide groups is 1. The van der Waals surface area contributed by atoms with E-state index < -0.39 is 75.6 Å². The summed E-state index contributed by atoms with van der Waals surface area (Å²) in [7, 11) is 0. The zero-order valence-corrected chi connectivity index (χ0v) is 40.2. The molecule has 0 radical (unpaired) electrons. The highest BCUT2D eigenvalue weighted by molar-refractivity contribution is 6.01. The summed E-state index contributed by atoms with van der Waals surface area (Å²) in [6.07, 6.45) is -3.36. The third kappa shape index (κ3) is 12.3. The Kier molecular flexibility index (Phi) is 16.0. The van der Waals surface area contributed by atoms with Crippen molar-refractivity contribution in [3.8, 4) is 28.9 Å². The summed E-state index contributed by atoms with van der Waals surface area (Å²) in [4.78, 5) is 60.0. The van der Waals surface area contributed by atoms with Crippen LogP contribution < -0.4 is 25.4 Å². The van der Waals surface area contributed by atoms with Gasteiger partial charge in [-0.15, -0.1) is 0 Å². The molecule has 6 rings (SSSR count). The Bertz CT molecular complexity index is 2500. The molecule has 4 amide bonds. The van der Waals surface area contributed by atoms with Crippen LogP contribution >= 0.6 is 0 Å². The SMILES string of the molecule is Cc1ncoc1-c1ccc(CN(C(=O)[C@@H]2C[C@@H](O)CN2)C(=O)[C@@H](NC(=O)COCCCCOc2ccc(C(=O)N[C@H]3C(C)(C)[C@H](Oc4ccc(C#N)c(C(F)(F)F)c4)C3(C)C)cc2)C(C)(C)C)cc1. The highest BCUT2D eigenvalue weighted by atomic mass is 19.4. The van der Waals surface area contributed by atoms with Gasteiger partial charge in [0.2, 0.25) is 11.8 Å². The van der Waals surface area contributed by atoms with Crippen molar-refractivity contribution in [3.63, 3.8) is 0 Å². The maximum atomic E-state index is 14.3. The number of aliphatic hydroxyl groups excluding tert-OH is 1. The maximum absolute atomic E-state index is 14.3. The van der Waals surface area contributed by atoms with Crippen molar-refractivity contribution in [3.05, 3.63) is 101 Å². The largest absolute Gasteiger partial charge is 0.494 e. The lowest BCUT2D eigenvalue weighted by molar-refractivity contribution is -0.164. The Morgan fingerprint density at radius 1 is 0.971 bits per heavy atom. The van der Waals surface area contributed by atoms with Gasteiger partial charge in [0, 0.05) is 41.2 Å². The van der Waals surface area contributed by atoms with Gasteiger partial charge in [-0.25, -0.2) is 4.98 Å². The lowest BCUT2D eigenvalue weighted by atomic mass is 9.49. The number of amides is 4. The normalized spacial score (nSPS) is 19.9. The molecule has 1 aliphatic carbocycles. The fraction of sp³-hybridized carbons (Fsp3) is 0.490. The minimum absolute atomic E-state index is 0.0166. The molecule has 3 aromatic carbocycles. The number of nitrogens with one attached hydrogen (secondary N) is 3. The standard InChI is InChI=1S/C51H61F3N6O9/c1-30-41(68-29-57-30)32-13-11-31(12-14-32)27-60(44(64)39-23-35(61)26-56-39)45(65)42(48(2,3)4)58-40(62)28-66-21-9-10-22-67-36-18-15-33(16-19-36)43(63)59-46-49(5,6)47(50(46,7)8)69-37-20-17-34(25-55)38(24-37)51(52,53)54/h11-20,24,29,35,39,42,46-47,56,61H,9-10,21-23,26-28H2,1-8H3,(H,58,62)(H,59,63)/t35-,39+,42-,46-,47-/m1/s1. The molecule has 4 N–H and O–H groups in total. The van der Waals surface area contributed by atoms with Crippen LogP contribution in [0.25, 0.3) is 11.3 Å². The van der Waals surface area contributed by atoms with E-state index in [4.69, 9.17) is 23.9 Å². The number of halogens is 3. The average Bonchev–Trinajstić information content (AvgIpc) is 3.94. The number of unbranched alkanes of at least 4 members (excludes halogenated alkanes) is 1. The van der Waals surface area contributed by atoms with Gasteiger partial charge < -0.3 is 39.7 Å².